The highest BCUT2D eigenvalue weighted by Crippen LogP contribution is 2.19. The summed E-state index contributed by atoms with van der Waals surface area (Å²) in [6.45, 7) is 0.175. The van der Waals surface area contributed by atoms with Gasteiger partial charge < -0.3 is 14.8 Å². The molecule has 2 aromatic carbocycles. The van der Waals surface area contributed by atoms with Crippen LogP contribution < -0.4 is 20.2 Å². The van der Waals surface area contributed by atoms with E-state index in [4.69, 9.17) is 21.1 Å². The molecule has 144 valence electrons. The van der Waals surface area contributed by atoms with Gasteiger partial charge in [-0.1, -0.05) is 29.8 Å². The third-order valence-electron chi connectivity index (χ3n) is 4.04. The Balaban J connectivity index is 1.91. The minimum Gasteiger partial charge on any atom is -0.497 e. The van der Waals surface area contributed by atoms with Gasteiger partial charge in [-0.3, -0.25) is 9.59 Å². The van der Waals surface area contributed by atoms with E-state index in [1.165, 1.54) is 17.9 Å². The van der Waals surface area contributed by atoms with E-state index >= 15 is 0 Å². The van der Waals surface area contributed by atoms with Crippen LogP contribution in [0.3, 0.4) is 0 Å². The van der Waals surface area contributed by atoms with Gasteiger partial charge in [0.25, 0.3) is 5.91 Å². The number of nitrogens with zero attached hydrogens (tertiary/aromatic N) is 2. The highest BCUT2D eigenvalue weighted by atomic mass is 35.5. The summed E-state index contributed by atoms with van der Waals surface area (Å²) in [6, 6.07) is 15.3. The van der Waals surface area contributed by atoms with Crippen LogP contribution in [0.15, 0.2) is 59.4 Å². The van der Waals surface area contributed by atoms with Crippen molar-refractivity contribution >= 4 is 17.5 Å². The molecule has 1 heterocycles. The lowest BCUT2D eigenvalue weighted by atomic mass is 10.2. The van der Waals surface area contributed by atoms with E-state index in [0.717, 1.165) is 5.56 Å². The fourth-order valence-electron chi connectivity index (χ4n) is 2.55. The average Bonchev–Trinajstić information content (AvgIpc) is 2.72. The largest absolute Gasteiger partial charge is 0.497 e. The first-order valence-electron chi connectivity index (χ1n) is 8.38. The minimum atomic E-state index is -0.602. The third kappa shape index (κ3) is 4.15. The molecule has 1 amide bonds. The van der Waals surface area contributed by atoms with Gasteiger partial charge in [-0.15, -0.1) is 0 Å². The van der Waals surface area contributed by atoms with Crippen molar-refractivity contribution < 1.29 is 14.3 Å². The molecule has 28 heavy (non-hydrogen) atoms. The molecule has 0 saturated carbocycles. The Morgan fingerprint density at radius 2 is 1.82 bits per heavy atom. The lowest BCUT2D eigenvalue weighted by Gasteiger charge is -2.13. The third-order valence-corrected chi connectivity index (χ3v) is 4.40. The van der Waals surface area contributed by atoms with E-state index in [9.17, 15) is 9.59 Å². The van der Waals surface area contributed by atoms with Crippen LogP contribution in [-0.2, 0) is 6.54 Å². The van der Waals surface area contributed by atoms with E-state index < -0.39 is 11.3 Å². The first-order valence-corrected chi connectivity index (χ1v) is 8.75. The highest BCUT2D eigenvalue weighted by Gasteiger charge is 2.17. The summed E-state index contributed by atoms with van der Waals surface area (Å²) in [7, 11) is 2.99. The molecule has 0 bridgehead atoms. The van der Waals surface area contributed by atoms with Crippen molar-refractivity contribution in [2.75, 3.05) is 14.2 Å². The first kappa shape index (κ1) is 19.4. The van der Waals surface area contributed by atoms with E-state index in [1.807, 2.05) is 6.07 Å². The molecule has 0 aliphatic carbocycles. The molecule has 7 nitrogen and oxygen atoms in total. The number of nitrogens with one attached hydrogen (secondary N) is 1. The first-order chi connectivity index (χ1) is 13.5. The molecular formula is C20H18ClN3O4. The number of hydrogen-bond acceptors (Lipinski definition) is 5. The van der Waals surface area contributed by atoms with Gasteiger partial charge in [-0.25, -0.2) is 4.68 Å². The van der Waals surface area contributed by atoms with Crippen LogP contribution in [-0.4, -0.2) is 29.9 Å². The maximum absolute atomic E-state index is 12.5. The Bertz CT molecular complexity index is 1050. The van der Waals surface area contributed by atoms with Gasteiger partial charge >= 0.3 is 0 Å². The molecule has 3 rings (SSSR count). The Labute approximate surface area is 166 Å². The zero-order valence-electron chi connectivity index (χ0n) is 15.3. The standard InChI is InChI=1S/C20H18ClN3O4/c1-27-15-9-7-14(8-10-15)24-18(28-2)11-17(25)19(23-24)20(26)22-12-13-5-3-4-6-16(13)21/h3-11H,12H2,1-2H3,(H,22,26). The molecule has 0 saturated heterocycles. The molecular weight excluding hydrogens is 382 g/mol. The number of ether oxygens (including phenoxy) is 2. The van der Waals surface area contributed by atoms with Crippen molar-refractivity contribution in [2.45, 2.75) is 6.54 Å². The predicted molar refractivity (Wildman–Crippen MR) is 106 cm³/mol. The van der Waals surface area contributed by atoms with Crippen LogP contribution in [0.5, 0.6) is 11.6 Å². The normalized spacial score (nSPS) is 10.4. The maximum atomic E-state index is 12.5. The van der Waals surface area contributed by atoms with Crippen LogP contribution in [0.2, 0.25) is 5.02 Å². The summed E-state index contributed by atoms with van der Waals surface area (Å²) in [5, 5.41) is 7.40. The lowest BCUT2D eigenvalue weighted by Crippen LogP contribution is -2.31. The Morgan fingerprint density at radius 1 is 1.11 bits per heavy atom. The second kappa shape index (κ2) is 8.58. The molecule has 0 fully saturated rings. The van der Waals surface area contributed by atoms with Crippen molar-refractivity contribution in [3.8, 4) is 17.3 Å². The number of carbonyl (C=O) groups excluding carboxylic acids is 1. The smallest absolute Gasteiger partial charge is 0.276 e. The van der Waals surface area contributed by atoms with Crippen molar-refractivity contribution in [1.82, 2.24) is 15.1 Å². The zero-order chi connectivity index (χ0) is 20.1. The summed E-state index contributed by atoms with van der Waals surface area (Å²) in [5.41, 5.74) is 0.557. The van der Waals surface area contributed by atoms with E-state index in [0.29, 0.717) is 16.5 Å². The molecule has 1 aromatic heterocycles. The van der Waals surface area contributed by atoms with Gasteiger partial charge in [0, 0.05) is 11.6 Å². The molecule has 1 N–H and O–H groups in total. The van der Waals surface area contributed by atoms with Crippen LogP contribution in [0.1, 0.15) is 16.1 Å². The number of amides is 1. The quantitative estimate of drug-likeness (QED) is 0.689. The highest BCUT2D eigenvalue weighted by molar-refractivity contribution is 6.31. The summed E-state index contributed by atoms with van der Waals surface area (Å²) in [4.78, 5) is 24.9. The second-order valence-corrected chi connectivity index (χ2v) is 6.19. The maximum Gasteiger partial charge on any atom is 0.276 e. The fraction of sp³-hybridized carbons (Fsp3) is 0.150. The number of carbonyl (C=O) groups is 1. The Morgan fingerprint density at radius 3 is 2.46 bits per heavy atom. The van der Waals surface area contributed by atoms with E-state index in [1.54, 1.807) is 49.6 Å². The zero-order valence-corrected chi connectivity index (χ0v) is 16.1. The number of halogens is 1. The Hall–Kier alpha value is -3.32. The van der Waals surface area contributed by atoms with Gasteiger partial charge in [-0.2, -0.15) is 5.10 Å². The number of hydrogen-bond donors (Lipinski definition) is 1. The van der Waals surface area contributed by atoms with Crippen molar-refractivity contribution in [1.29, 1.82) is 0 Å². The summed E-state index contributed by atoms with van der Waals surface area (Å²) < 4.78 is 11.8. The van der Waals surface area contributed by atoms with Crippen LogP contribution in [0, 0.1) is 0 Å². The summed E-state index contributed by atoms with van der Waals surface area (Å²) in [6.07, 6.45) is 0. The monoisotopic (exact) mass is 399 g/mol. The molecule has 0 aliphatic heterocycles. The van der Waals surface area contributed by atoms with E-state index in [-0.39, 0.29) is 18.1 Å². The van der Waals surface area contributed by atoms with Gasteiger partial charge in [0.15, 0.2) is 5.69 Å². The average molecular weight is 400 g/mol. The minimum absolute atomic E-state index is 0.175. The van der Waals surface area contributed by atoms with Crippen molar-refractivity contribution in [2.24, 2.45) is 0 Å². The number of benzene rings is 2. The fourth-order valence-corrected chi connectivity index (χ4v) is 2.75. The van der Waals surface area contributed by atoms with Crippen molar-refractivity contribution in [3.63, 3.8) is 0 Å². The van der Waals surface area contributed by atoms with Crippen LogP contribution in [0.4, 0.5) is 0 Å². The molecule has 0 atom stereocenters. The topological polar surface area (TPSA) is 82.5 Å². The van der Waals surface area contributed by atoms with Crippen LogP contribution >= 0.6 is 11.6 Å². The van der Waals surface area contributed by atoms with Gasteiger partial charge in [0.1, 0.15) is 5.75 Å². The summed E-state index contributed by atoms with van der Waals surface area (Å²) >= 11 is 6.09. The Kier molecular flexibility index (Phi) is 5.96. The van der Waals surface area contributed by atoms with Crippen LogP contribution in [0.25, 0.3) is 5.69 Å². The number of rotatable bonds is 6. The molecule has 0 radical (unpaired) electrons. The SMILES string of the molecule is COc1ccc(-n2nc(C(=O)NCc3ccccc3Cl)c(=O)cc2OC)cc1. The molecule has 0 spiro atoms. The number of aromatic nitrogens is 2. The number of methoxy groups -OCH3 is 2. The van der Waals surface area contributed by atoms with Crippen molar-refractivity contribution in [3.05, 3.63) is 81.1 Å². The second-order valence-electron chi connectivity index (χ2n) is 5.78. The molecule has 8 heteroatoms. The lowest BCUT2D eigenvalue weighted by molar-refractivity contribution is 0.0942. The molecule has 0 unspecified atom stereocenters. The molecule has 3 aromatic rings. The van der Waals surface area contributed by atoms with Gasteiger partial charge in [0.2, 0.25) is 11.3 Å². The predicted octanol–water partition coefficient (Wildman–Crippen LogP) is 2.83. The van der Waals surface area contributed by atoms with E-state index in [2.05, 4.69) is 10.4 Å². The van der Waals surface area contributed by atoms with Gasteiger partial charge in [-0.05, 0) is 35.9 Å². The van der Waals surface area contributed by atoms with Gasteiger partial charge in [0.05, 0.1) is 26.0 Å². The molecule has 0 aliphatic rings. The summed E-state index contributed by atoms with van der Waals surface area (Å²) in [5.74, 6) is 0.272.